The van der Waals surface area contributed by atoms with Gasteiger partial charge in [-0.1, -0.05) is 0 Å². The van der Waals surface area contributed by atoms with Crippen molar-refractivity contribution in [3.8, 4) is 0 Å². The van der Waals surface area contributed by atoms with E-state index in [0.29, 0.717) is 0 Å². The van der Waals surface area contributed by atoms with Crippen LogP contribution < -0.4 is 6.15 Å². The highest BCUT2D eigenvalue weighted by Gasteiger charge is 2.26. The van der Waals surface area contributed by atoms with Gasteiger partial charge in [-0.25, -0.2) is 4.18 Å². The van der Waals surface area contributed by atoms with E-state index in [0.717, 1.165) is 0 Å². The topological polar surface area (TPSA) is 119 Å². The molecular formula is C6H17NO5S. The van der Waals surface area contributed by atoms with E-state index < -0.39 is 22.1 Å². The highest BCUT2D eigenvalue weighted by molar-refractivity contribution is 7.80. The molecule has 0 radical (unpaired) electrons. The minimum absolute atomic E-state index is 0. The first kappa shape index (κ1) is 15.3. The summed E-state index contributed by atoms with van der Waals surface area (Å²) in [7, 11) is -4.44. The van der Waals surface area contributed by atoms with Crippen molar-refractivity contribution < 1.29 is 22.3 Å². The predicted molar refractivity (Wildman–Crippen MR) is 48.0 cm³/mol. The van der Waals surface area contributed by atoms with Gasteiger partial charge >= 0.3 is 10.4 Å². The van der Waals surface area contributed by atoms with Crippen molar-refractivity contribution in [2.24, 2.45) is 0 Å². The van der Waals surface area contributed by atoms with Gasteiger partial charge in [-0.05, 0) is 20.8 Å². The fourth-order valence-corrected chi connectivity index (χ4v) is 1.67. The molecule has 0 rings (SSSR count). The predicted octanol–water partition coefficient (Wildman–Crippen LogP) is 0.517. The second kappa shape index (κ2) is 4.87. The number of hydrogen-bond acceptors (Lipinski definition) is 5. The van der Waals surface area contributed by atoms with Gasteiger partial charge in [0.05, 0.1) is 11.7 Å². The van der Waals surface area contributed by atoms with Crippen molar-refractivity contribution in [1.29, 1.82) is 0 Å². The fourth-order valence-electron chi connectivity index (χ4n) is 1.03. The lowest BCUT2D eigenvalue weighted by Gasteiger charge is -2.23. The zero-order valence-electron chi connectivity index (χ0n) is 8.02. The van der Waals surface area contributed by atoms with Crippen LogP contribution in [0.5, 0.6) is 0 Å². The summed E-state index contributed by atoms with van der Waals surface area (Å²) < 4.78 is 33.2. The Morgan fingerprint density at radius 1 is 1.46 bits per heavy atom. The van der Waals surface area contributed by atoms with Crippen molar-refractivity contribution in [2.75, 3.05) is 0 Å². The number of rotatable bonds is 4. The Balaban J connectivity index is 0. The van der Waals surface area contributed by atoms with Gasteiger partial charge in [-0.15, -0.1) is 0 Å². The van der Waals surface area contributed by atoms with Crippen molar-refractivity contribution in [3.63, 3.8) is 0 Å². The molecule has 0 heterocycles. The van der Waals surface area contributed by atoms with Crippen molar-refractivity contribution in [2.45, 2.75) is 38.9 Å². The van der Waals surface area contributed by atoms with Crippen molar-refractivity contribution >= 4 is 10.4 Å². The molecule has 0 spiro atoms. The average molecular weight is 215 g/mol. The second-order valence-corrected chi connectivity index (χ2v) is 4.35. The van der Waals surface area contributed by atoms with Crippen molar-refractivity contribution in [1.82, 2.24) is 6.15 Å². The first-order valence-corrected chi connectivity index (χ1v) is 4.85. The molecule has 1 atom stereocenters. The molecule has 0 aliphatic heterocycles. The highest BCUT2D eigenvalue weighted by Crippen LogP contribution is 2.18. The largest absolute Gasteiger partial charge is 0.397 e. The molecular weight excluding hydrogens is 198 g/mol. The van der Waals surface area contributed by atoms with Gasteiger partial charge in [0.1, 0.15) is 0 Å². The molecule has 0 aliphatic rings. The lowest BCUT2D eigenvalue weighted by Crippen LogP contribution is -2.31. The maximum absolute atomic E-state index is 10.3. The minimum Gasteiger partial charge on any atom is -0.393 e. The number of hydrogen-bond donors (Lipinski definition) is 3. The van der Waals surface area contributed by atoms with Crippen LogP contribution >= 0.6 is 0 Å². The zero-order valence-corrected chi connectivity index (χ0v) is 8.84. The zero-order chi connectivity index (χ0) is 9.99. The Labute approximate surface area is 78.4 Å². The van der Waals surface area contributed by atoms with Gasteiger partial charge in [0.25, 0.3) is 0 Å². The van der Waals surface area contributed by atoms with E-state index >= 15 is 0 Å². The quantitative estimate of drug-likeness (QED) is 0.588. The second-order valence-electron chi connectivity index (χ2n) is 3.32. The Hall–Kier alpha value is -0.210. The highest BCUT2D eigenvalue weighted by atomic mass is 32.3. The molecule has 0 aliphatic carbocycles. The standard InChI is InChI=1S/C6H14O5S.H3N/c1-5(7)4-6(2,3)11-12(8,9)10;/h5,7H,4H2,1-3H3,(H,8,9,10);1H3. The van der Waals surface area contributed by atoms with E-state index in [1.807, 2.05) is 0 Å². The maximum atomic E-state index is 10.3. The number of aliphatic hydroxyl groups is 1. The monoisotopic (exact) mass is 215 g/mol. The average Bonchev–Trinajstić information content (AvgIpc) is 1.48. The van der Waals surface area contributed by atoms with Crippen LogP contribution in [0.1, 0.15) is 27.2 Å². The van der Waals surface area contributed by atoms with Crippen LogP contribution in [0.15, 0.2) is 0 Å². The van der Waals surface area contributed by atoms with E-state index in [1.54, 1.807) is 0 Å². The molecule has 0 aromatic rings. The van der Waals surface area contributed by atoms with Crippen LogP contribution in [-0.4, -0.2) is 29.8 Å². The minimum atomic E-state index is -4.44. The van der Waals surface area contributed by atoms with Gasteiger partial charge in [-0.3, -0.25) is 4.55 Å². The molecule has 0 saturated carbocycles. The van der Waals surface area contributed by atoms with E-state index in [2.05, 4.69) is 4.18 Å². The third-order valence-corrected chi connectivity index (χ3v) is 1.78. The summed E-state index contributed by atoms with van der Waals surface area (Å²) in [6.07, 6.45) is -0.547. The van der Waals surface area contributed by atoms with Crippen LogP contribution in [0.3, 0.4) is 0 Å². The lowest BCUT2D eigenvalue weighted by molar-refractivity contribution is 0.0419. The molecule has 0 bridgehead atoms. The Kier molecular flexibility index (Phi) is 5.72. The third kappa shape index (κ3) is 9.71. The van der Waals surface area contributed by atoms with Crippen LogP contribution in [0.4, 0.5) is 0 Å². The maximum Gasteiger partial charge on any atom is 0.397 e. The molecule has 0 saturated heterocycles. The molecule has 0 aromatic heterocycles. The Morgan fingerprint density at radius 2 is 1.85 bits per heavy atom. The summed E-state index contributed by atoms with van der Waals surface area (Å²) in [5.41, 5.74) is -1.08. The number of aliphatic hydroxyl groups excluding tert-OH is 1. The van der Waals surface area contributed by atoms with Crippen LogP contribution in [-0.2, 0) is 14.6 Å². The lowest BCUT2D eigenvalue weighted by atomic mass is 10.0. The first-order chi connectivity index (χ1) is 5.12. The van der Waals surface area contributed by atoms with E-state index in [1.165, 1.54) is 20.8 Å². The summed E-state index contributed by atoms with van der Waals surface area (Å²) in [5.74, 6) is 0. The molecule has 5 N–H and O–H groups in total. The molecule has 0 fully saturated rings. The molecule has 13 heavy (non-hydrogen) atoms. The van der Waals surface area contributed by atoms with Crippen LogP contribution in [0.25, 0.3) is 0 Å². The third-order valence-electron chi connectivity index (χ3n) is 1.12. The summed E-state index contributed by atoms with van der Waals surface area (Å²) >= 11 is 0. The Bertz CT molecular complexity index is 233. The van der Waals surface area contributed by atoms with E-state index in [-0.39, 0.29) is 12.6 Å². The molecule has 6 nitrogen and oxygen atoms in total. The summed E-state index contributed by atoms with van der Waals surface area (Å²) in [5, 5.41) is 8.93. The molecule has 82 valence electrons. The van der Waals surface area contributed by atoms with Gasteiger partial charge in [-0.2, -0.15) is 8.42 Å². The van der Waals surface area contributed by atoms with Crippen LogP contribution in [0.2, 0.25) is 0 Å². The normalized spacial score (nSPS) is 14.8. The molecule has 7 heteroatoms. The molecule has 0 aromatic carbocycles. The summed E-state index contributed by atoms with van der Waals surface area (Å²) in [4.78, 5) is 0. The van der Waals surface area contributed by atoms with Gasteiger partial charge in [0.2, 0.25) is 0 Å². The van der Waals surface area contributed by atoms with Gasteiger partial charge in [0.15, 0.2) is 0 Å². The van der Waals surface area contributed by atoms with Gasteiger partial charge < -0.3 is 11.3 Å². The molecule has 0 amide bonds. The van der Waals surface area contributed by atoms with Crippen LogP contribution in [0, 0.1) is 0 Å². The fraction of sp³-hybridized carbons (Fsp3) is 1.00. The first-order valence-electron chi connectivity index (χ1n) is 3.48. The van der Waals surface area contributed by atoms with E-state index in [4.69, 9.17) is 9.66 Å². The molecule has 1 unspecified atom stereocenters. The summed E-state index contributed by atoms with van der Waals surface area (Å²) in [6, 6.07) is 0. The van der Waals surface area contributed by atoms with E-state index in [9.17, 15) is 8.42 Å². The smallest absolute Gasteiger partial charge is 0.393 e. The van der Waals surface area contributed by atoms with Gasteiger partial charge in [0, 0.05) is 6.42 Å². The van der Waals surface area contributed by atoms with Crippen molar-refractivity contribution in [3.05, 3.63) is 0 Å². The summed E-state index contributed by atoms with van der Waals surface area (Å²) in [6.45, 7) is 4.44. The Morgan fingerprint density at radius 3 is 2.08 bits per heavy atom. The SMILES string of the molecule is CC(O)CC(C)(C)OS(=O)(=O)O.N.